The molecule has 2 nitrogen and oxygen atoms in total. The molecule has 1 aliphatic rings. The van der Waals surface area contributed by atoms with Gasteiger partial charge in [0.2, 0.25) is 0 Å². The van der Waals surface area contributed by atoms with Gasteiger partial charge in [0.1, 0.15) is 11.5 Å². The molecule has 3 heteroatoms. The number of hydrogen-bond acceptors (Lipinski definition) is 2. The molecule has 0 bridgehead atoms. The Hall–Kier alpha value is -0.500. The number of aromatic nitrogens is 1. The number of hydrogen-bond donors (Lipinski definition) is 0. The van der Waals surface area contributed by atoms with Crippen LogP contribution in [0.1, 0.15) is 37.3 Å². The standard InChI is InChI=1S/C9H12ClNO/c1-9(2)4-3-6-7(5-10)11-12-8(6)9/h3-5H2,1-2H3. The molecule has 0 fully saturated rings. The van der Waals surface area contributed by atoms with Gasteiger partial charge in [0, 0.05) is 11.0 Å². The van der Waals surface area contributed by atoms with E-state index in [4.69, 9.17) is 16.1 Å². The van der Waals surface area contributed by atoms with Gasteiger partial charge in [0.25, 0.3) is 0 Å². The average Bonchev–Trinajstić information content (AvgIpc) is 2.53. The van der Waals surface area contributed by atoms with Crippen LogP contribution in [0.3, 0.4) is 0 Å². The lowest BCUT2D eigenvalue weighted by Crippen LogP contribution is -2.10. The highest BCUT2D eigenvalue weighted by molar-refractivity contribution is 6.17. The van der Waals surface area contributed by atoms with Crippen molar-refractivity contribution in [2.24, 2.45) is 0 Å². The molecule has 0 spiro atoms. The molecular weight excluding hydrogens is 174 g/mol. The second-order valence-corrected chi connectivity index (χ2v) is 4.22. The van der Waals surface area contributed by atoms with Crippen LogP contribution >= 0.6 is 11.6 Å². The van der Waals surface area contributed by atoms with Gasteiger partial charge in [-0.15, -0.1) is 11.6 Å². The fraction of sp³-hybridized carbons (Fsp3) is 0.667. The number of halogens is 1. The molecule has 1 aromatic heterocycles. The van der Waals surface area contributed by atoms with Crippen LogP contribution < -0.4 is 0 Å². The molecule has 0 radical (unpaired) electrons. The van der Waals surface area contributed by atoms with Gasteiger partial charge in [-0.05, 0) is 12.8 Å². The minimum Gasteiger partial charge on any atom is -0.360 e. The van der Waals surface area contributed by atoms with Crippen LogP contribution in [-0.2, 0) is 17.7 Å². The highest BCUT2D eigenvalue weighted by Gasteiger charge is 2.36. The smallest absolute Gasteiger partial charge is 0.145 e. The van der Waals surface area contributed by atoms with Gasteiger partial charge in [-0.3, -0.25) is 0 Å². The van der Waals surface area contributed by atoms with Crippen molar-refractivity contribution in [1.29, 1.82) is 0 Å². The molecule has 1 aliphatic carbocycles. The summed E-state index contributed by atoms with van der Waals surface area (Å²) in [4.78, 5) is 0. The molecule has 1 heterocycles. The van der Waals surface area contributed by atoms with Crippen LogP contribution in [-0.4, -0.2) is 5.16 Å². The molecule has 1 aromatic rings. The Morgan fingerprint density at radius 3 is 3.00 bits per heavy atom. The van der Waals surface area contributed by atoms with Crippen LogP contribution in [0.15, 0.2) is 4.52 Å². The van der Waals surface area contributed by atoms with Crippen molar-refractivity contribution in [3.8, 4) is 0 Å². The average molecular weight is 186 g/mol. The van der Waals surface area contributed by atoms with Crippen LogP contribution in [0, 0.1) is 0 Å². The Balaban J connectivity index is 2.49. The third-order valence-electron chi connectivity index (χ3n) is 2.61. The van der Waals surface area contributed by atoms with Gasteiger partial charge in [-0.25, -0.2) is 0 Å². The lowest BCUT2D eigenvalue weighted by molar-refractivity contribution is 0.317. The van der Waals surface area contributed by atoms with Crippen molar-refractivity contribution in [3.05, 3.63) is 17.0 Å². The van der Waals surface area contributed by atoms with E-state index in [9.17, 15) is 0 Å². The first-order chi connectivity index (χ1) is 5.65. The van der Waals surface area contributed by atoms with Gasteiger partial charge < -0.3 is 4.52 Å². The summed E-state index contributed by atoms with van der Waals surface area (Å²) in [6, 6.07) is 0. The largest absolute Gasteiger partial charge is 0.360 e. The molecule has 0 aromatic carbocycles. The maximum absolute atomic E-state index is 5.72. The first kappa shape index (κ1) is 8.11. The highest BCUT2D eigenvalue weighted by Crippen LogP contribution is 2.39. The molecule has 0 saturated carbocycles. The highest BCUT2D eigenvalue weighted by atomic mass is 35.5. The molecule has 0 amide bonds. The Morgan fingerprint density at radius 2 is 2.33 bits per heavy atom. The van der Waals surface area contributed by atoms with Crippen LogP contribution in [0.5, 0.6) is 0 Å². The van der Waals surface area contributed by atoms with E-state index in [2.05, 4.69) is 19.0 Å². The third kappa shape index (κ3) is 0.977. The Kier molecular flexibility index (Phi) is 1.69. The summed E-state index contributed by atoms with van der Waals surface area (Å²) < 4.78 is 5.28. The quantitative estimate of drug-likeness (QED) is 0.629. The van der Waals surface area contributed by atoms with Crippen molar-refractivity contribution in [2.45, 2.75) is 38.0 Å². The van der Waals surface area contributed by atoms with Crippen molar-refractivity contribution >= 4 is 11.6 Å². The van der Waals surface area contributed by atoms with E-state index in [0.29, 0.717) is 5.88 Å². The molecule has 0 unspecified atom stereocenters. The lowest BCUT2D eigenvalue weighted by Gasteiger charge is -2.13. The monoisotopic (exact) mass is 185 g/mol. The summed E-state index contributed by atoms with van der Waals surface area (Å²) in [7, 11) is 0. The Morgan fingerprint density at radius 1 is 1.58 bits per heavy atom. The van der Waals surface area contributed by atoms with Crippen LogP contribution in [0.4, 0.5) is 0 Å². The molecule has 0 N–H and O–H groups in total. The second kappa shape index (κ2) is 2.49. The van der Waals surface area contributed by atoms with Crippen molar-refractivity contribution in [3.63, 3.8) is 0 Å². The van der Waals surface area contributed by atoms with E-state index < -0.39 is 0 Å². The van der Waals surface area contributed by atoms with Crippen LogP contribution in [0.2, 0.25) is 0 Å². The van der Waals surface area contributed by atoms with E-state index in [1.807, 2.05) is 0 Å². The second-order valence-electron chi connectivity index (χ2n) is 3.95. The summed E-state index contributed by atoms with van der Waals surface area (Å²) >= 11 is 5.72. The predicted octanol–water partition coefficient (Wildman–Crippen LogP) is 2.64. The van der Waals surface area contributed by atoms with Crippen molar-refractivity contribution in [1.82, 2.24) is 5.16 Å². The maximum Gasteiger partial charge on any atom is 0.145 e. The van der Waals surface area contributed by atoms with E-state index in [1.54, 1.807) is 0 Å². The van der Waals surface area contributed by atoms with Crippen molar-refractivity contribution < 1.29 is 4.52 Å². The molecule has 0 atom stereocenters. The molecular formula is C9H12ClNO. The first-order valence-corrected chi connectivity index (χ1v) is 4.72. The fourth-order valence-corrected chi connectivity index (χ4v) is 2.00. The van der Waals surface area contributed by atoms with Gasteiger partial charge in [-0.1, -0.05) is 19.0 Å². The zero-order valence-corrected chi connectivity index (χ0v) is 8.11. The summed E-state index contributed by atoms with van der Waals surface area (Å²) in [5.74, 6) is 1.51. The minimum atomic E-state index is 0.159. The molecule has 12 heavy (non-hydrogen) atoms. The lowest BCUT2D eigenvalue weighted by atomic mass is 9.92. The summed E-state index contributed by atoms with van der Waals surface area (Å²) in [6.45, 7) is 4.37. The molecule has 66 valence electrons. The molecule has 2 rings (SSSR count). The normalized spacial score (nSPS) is 19.6. The predicted molar refractivity (Wildman–Crippen MR) is 47.4 cm³/mol. The van der Waals surface area contributed by atoms with E-state index in [-0.39, 0.29) is 5.41 Å². The minimum absolute atomic E-state index is 0.159. The number of alkyl halides is 1. The SMILES string of the molecule is CC1(C)CCc2c(CCl)noc21. The van der Waals surface area contributed by atoms with Gasteiger partial charge >= 0.3 is 0 Å². The summed E-state index contributed by atoms with van der Waals surface area (Å²) in [5.41, 5.74) is 2.33. The third-order valence-corrected chi connectivity index (χ3v) is 2.86. The van der Waals surface area contributed by atoms with E-state index >= 15 is 0 Å². The van der Waals surface area contributed by atoms with E-state index in [0.717, 1.165) is 24.3 Å². The van der Waals surface area contributed by atoms with E-state index in [1.165, 1.54) is 5.56 Å². The number of fused-ring (bicyclic) bond motifs is 1. The Labute approximate surface area is 76.9 Å². The maximum atomic E-state index is 5.72. The summed E-state index contributed by atoms with van der Waals surface area (Å²) in [6.07, 6.45) is 2.21. The topological polar surface area (TPSA) is 26.0 Å². The number of rotatable bonds is 1. The zero-order valence-electron chi connectivity index (χ0n) is 7.35. The van der Waals surface area contributed by atoms with Gasteiger partial charge in [-0.2, -0.15) is 0 Å². The Bertz CT molecular complexity index is 303. The molecule has 0 aliphatic heterocycles. The summed E-state index contributed by atoms with van der Waals surface area (Å²) in [5, 5.41) is 3.94. The number of nitrogens with zero attached hydrogens (tertiary/aromatic N) is 1. The first-order valence-electron chi connectivity index (χ1n) is 4.19. The zero-order chi connectivity index (χ0) is 8.77. The van der Waals surface area contributed by atoms with Gasteiger partial charge in [0.15, 0.2) is 0 Å². The fourth-order valence-electron chi connectivity index (χ4n) is 1.79. The molecule has 0 saturated heterocycles. The van der Waals surface area contributed by atoms with Crippen LogP contribution in [0.25, 0.3) is 0 Å². The van der Waals surface area contributed by atoms with Crippen molar-refractivity contribution in [2.75, 3.05) is 0 Å². The van der Waals surface area contributed by atoms with Gasteiger partial charge in [0.05, 0.1) is 5.88 Å².